The van der Waals surface area contributed by atoms with E-state index in [-0.39, 0.29) is 4.94 Å². The van der Waals surface area contributed by atoms with Crippen LogP contribution in [0.3, 0.4) is 0 Å². The second-order valence-corrected chi connectivity index (χ2v) is 4.47. The molecule has 1 N–H and O–H groups in total. The summed E-state index contributed by atoms with van der Waals surface area (Å²) < 4.78 is 0. The Kier molecular flexibility index (Phi) is 3.38. The molecule has 0 radical (unpaired) electrons. The van der Waals surface area contributed by atoms with Gasteiger partial charge in [-0.15, -0.1) is 0 Å². The fourth-order valence-corrected chi connectivity index (χ4v) is 1.88. The van der Waals surface area contributed by atoms with Crippen molar-refractivity contribution in [2.24, 2.45) is 0 Å². The average Bonchev–Trinajstić information content (AvgIpc) is 1.27. The Morgan fingerprint density at radius 2 is 2.14 bits per heavy atom. The first kappa shape index (κ1) is 7.24. The number of aliphatic hydroxyl groups is 1. The maximum absolute atomic E-state index is 8.73. The molecule has 0 rings (SSSR count). The van der Waals surface area contributed by atoms with E-state index < -0.39 is 0 Å². The van der Waals surface area contributed by atoms with Crippen LogP contribution in [0.2, 0.25) is 0 Å². The number of hydrogen-bond donors (Lipinski definition) is 1. The number of aliphatic hydroxyl groups excluding tert-OH is 1. The van der Waals surface area contributed by atoms with Crippen molar-refractivity contribution in [1.29, 1.82) is 0 Å². The normalized spacial score (nSPS) is 13.6. The first-order chi connectivity index (χ1) is 3.13. The molecule has 0 saturated carbocycles. The molecule has 0 spiro atoms. The van der Waals surface area contributed by atoms with Gasteiger partial charge in [-0.05, 0) is 0 Å². The van der Waals surface area contributed by atoms with Gasteiger partial charge in [-0.25, -0.2) is 0 Å². The molecular weight excluding hydrogens is 149 g/mol. The number of allylic oxidation sites excluding steroid dienone is 1. The summed E-state index contributed by atoms with van der Waals surface area (Å²) in [6.45, 7) is 3.99. The Bertz CT molecular complexity index is 72.1. The summed E-state index contributed by atoms with van der Waals surface area (Å²) >= 11 is 0.532. The van der Waals surface area contributed by atoms with E-state index in [0.717, 1.165) is 0 Å². The predicted molar refractivity (Wildman–Crippen MR) is 35.4 cm³/mol. The van der Waals surface area contributed by atoms with Gasteiger partial charge in [-0.3, -0.25) is 0 Å². The van der Waals surface area contributed by atoms with Gasteiger partial charge in [-0.2, -0.15) is 0 Å². The molecule has 2 heteroatoms. The Hall–Kier alpha value is 0.243. The van der Waals surface area contributed by atoms with Crippen LogP contribution in [-0.2, 0) is 0 Å². The van der Waals surface area contributed by atoms with Crippen molar-refractivity contribution in [2.45, 2.75) is 18.8 Å². The quantitative estimate of drug-likeness (QED) is 0.411. The van der Waals surface area contributed by atoms with Gasteiger partial charge >= 0.3 is 52.1 Å². The summed E-state index contributed by atoms with van der Waals surface area (Å²) in [5.41, 5.74) is 1.21. The zero-order valence-corrected chi connectivity index (χ0v) is 9.30. The molecule has 0 aromatic carbocycles. The Balaban J connectivity index is 3.45. The molecular formula is C5H12GeO. The van der Waals surface area contributed by atoms with Crippen molar-refractivity contribution in [1.82, 2.24) is 0 Å². The van der Waals surface area contributed by atoms with Crippen LogP contribution < -0.4 is 0 Å². The first-order valence-electron chi connectivity index (χ1n) is 2.46. The van der Waals surface area contributed by atoms with Crippen LogP contribution in [-0.4, -0.2) is 26.6 Å². The minimum absolute atomic E-state index is 0.0995. The topological polar surface area (TPSA) is 20.2 Å². The standard InChI is InChI=1S/C5H12GeO/c1-4(2)3-5(6)7/h3,5,7H,1-2,6H3. The van der Waals surface area contributed by atoms with Gasteiger partial charge in [0.15, 0.2) is 0 Å². The van der Waals surface area contributed by atoms with Gasteiger partial charge in [0.2, 0.25) is 0 Å². The maximum atomic E-state index is 8.73. The van der Waals surface area contributed by atoms with Crippen molar-refractivity contribution in [3.8, 4) is 0 Å². The van der Waals surface area contributed by atoms with Gasteiger partial charge in [0.1, 0.15) is 0 Å². The third-order valence-corrected chi connectivity index (χ3v) is 1.27. The third-order valence-electron chi connectivity index (χ3n) is 0.575. The molecule has 1 atom stereocenters. The molecule has 42 valence electrons. The van der Waals surface area contributed by atoms with E-state index in [1.54, 1.807) is 0 Å². The molecule has 0 saturated heterocycles. The van der Waals surface area contributed by atoms with Crippen molar-refractivity contribution in [2.75, 3.05) is 0 Å². The van der Waals surface area contributed by atoms with Crippen LogP contribution in [0.4, 0.5) is 0 Å². The van der Waals surface area contributed by atoms with Gasteiger partial charge in [0.25, 0.3) is 0 Å². The van der Waals surface area contributed by atoms with E-state index >= 15 is 0 Å². The van der Waals surface area contributed by atoms with Crippen molar-refractivity contribution < 1.29 is 5.11 Å². The summed E-state index contributed by atoms with van der Waals surface area (Å²) in [6, 6.07) is 0. The number of rotatable bonds is 1. The summed E-state index contributed by atoms with van der Waals surface area (Å²) in [5.74, 6) is 0. The molecule has 0 aliphatic carbocycles. The van der Waals surface area contributed by atoms with Crippen LogP contribution in [0.1, 0.15) is 13.8 Å². The van der Waals surface area contributed by atoms with Gasteiger partial charge in [0, 0.05) is 0 Å². The minimum atomic E-state index is -0.0995. The SMILES string of the molecule is CC(C)=C[CH](O)[GeH3]. The molecule has 1 nitrogen and oxygen atoms in total. The molecule has 0 aliphatic rings. The summed E-state index contributed by atoms with van der Waals surface area (Å²) in [7, 11) is 0. The van der Waals surface area contributed by atoms with E-state index in [2.05, 4.69) is 0 Å². The Morgan fingerprint density at radius 3 is 2.14 bits per heavy atom. The molecule has 7 heavy (non-hydrogen) atoms. The molecule has 0 aliphatic heterocycles. The average molecular weight is 161 g/mol. The second-order valence-electron chi connectivity index (χ2n) is 1.98. The third kappa shape index (κ3) is 6.24. The summed E-state index contributed by atoms with van der Waals surface area (Å²) in [6.07, 6.45) is 1.89. The summed E-state index contributed by atoms with van der Waals surface area (Å²) in [5, 5.41) is 8.73. The van der Waals surface area contributed by atoms with Crippen molar-refractivity contribution in [3.05, 3.63) is 11.6 Å². The van der Waals surface area contributed by atoms with Crippen LogP contribution in [0.15, 0.2) is 11.6 Å². The van der Waals surface area contributed by atoms with Crippen molar-refractivity contribution in [3.63, 3.8) is 0 Å². The molecule has 0 bridgehead atoms. The zero-order chi connectivity index (χ0) is 5.86. The molecule has 0 aromatic heterocycles. The van der Waals surface area contributed by atoms with Crippen molar-refractivity contribution >= 4 is 16.5 Å². The van der Waals surface area contributed by atoms with E-state index in [1.165, 1.54) is 5.57 Å². The fourth-order valence-electron chi connectivity index (χ4n) is 0.482. The molecule has 0 heterocycles. The van der Waals surface area contributed by atoms with Crippen LogP contribution >= 0.6 is 0 Å². The van der Waals surface area contributed by atoms with Crippen LogP contribution in [0.5, 0.6) is 0 Å². The number of hydrogen-bond acceptors (Lipinski definition) is 1. The van der Waals surface area contributed by atoms with Crippen LogP contribution in [0, 0.1) is 0 Å². The zero-order valence-electron chi connectivity index (χ0n) is 5.10. The van der Waals surface area contributed by atoms with Crippen LogP contribution in [0.25, 0.3) is 0 Å². The summed E-state index contributed by atoms with van der Waals surface area (Å²) in [4.78, 5) is -0.0995. The van der Waals surface area contributed by atoms with Gasteiger partial charge in [0.05, 0.1) is 0 Å². The molecule has 0 aromatic rings. The van der Waals surface area contributed by atoms with E-state index in [4.69, 9.17) is 5.11 Å². The van der Waals surface area contributed by atoms with E-state index in [9.17, 15) is 0 Å². The van der Waals surface area contributed by atoms with Gasteiger partial charge < -0.3 is 0 Å². The molecule has 0 amide bonds. The Labute approximate surface area is 52.6 Å². The van der Waals surface area contributed by atoms with Gasteiger partial charge in [-0.1, -0.05) is 0 Å². The predicted octanol–water partition coefficient (Wildman–Crippen LogP) is -0.364. The molecule has 1 unspecified atom stereocenters. The monoisotopic (exact) mass is 162 g/mol. The Morgan fingerprint density at radius 1 is 1.71 bits per heavy atom. The fraction of sp³-hybridized carbons (Fsp3) is 0.600. The second kappa shape index (κ2) is 3.27. The first-order valence-corrected chi connectivity index (χ1v) is 4.88. The van der Waals surface area contributed by atoms with E-state index in [0.29, 0.717) is 16.5 Å². The molecule has 0 fully saturated rings. The van der Waals surface area contributed by atoms with E-state index in [1.807, 2.05) is 19.9 Å².